The molecule has 2 heterocycles. The summed E-state index contributed by atoms with van der Waals surface area (Å²) in [6, 6.07) is 29.5. The second-order valence-electron chi connectivity index (χ2n) is 10.7. The van der Waals surface area contributed by atoms with Crippen molar-refractivity contribution in [3.05, 3.63) is 135 Å². The molecule has 224 valence electrons. The van der Waals surface area contributed by atoms with Gasteiger partial charge in [0.05, 0.1) is 28.9 Å². The van der Waals surface area contributed by atoms with Crippen LogP contribution in [0.25, 0.3) is 33.1 Å². The number of aromatic amines is 1. The van der Waals surface area contributed by atoms with Gasteiger partial charge in [-0.05, 0) is 65.6 Å². The van der Waals surface area contributed by atoms with E-state index in [1.54, 1.807) is 0 Å². The lowest BCUT2D eigenvalue weighted by Gasteiger charge is -2.12. The number of halogens is 2. The molecule has 6 rings (SSSR count). The lowest BCUT2D eigenvalue weighted by atomic mass is 10.0. The van der Waals surface area contributed by atoms with Crippen molar-refractivity contribution in [2.45, 2.75) is 19.5 Å². The number of H-pyrrole nitrogens is 1. The summed E-state index contributed by atoms with van der Waals surface area (Å²) in [5.74, 6) is 6.36. The van der Waals surface area contributed by atoms with Crippen LogP contribution in [0.4, 0.5) is 0 Å². The van der Waals surface area contributed by atoms with Gasteiger partial charge in [0.15, 0.2) is 0 Å². The first-order chi connectivity index (χ1) is 22.0. The highest BCUT2D eigenvalue weighted by atomic mass is 79.9. The van der Waals surface area contributed by atoms with Crippen molar-refractivity contribution in [2.75, 3.05) is 13.1 Å². The van der Waals surface area contributed by atoms with Gasteiger partial charge in [0, 0.05) is 57.2 Å². The molecule has 45 heavy (non-hydrogen) atoms. The number of hydrogen-bond donors (Lipinski definition) is 4. The Balaban J connectivity index is 1.30. The zero-order valence-corrected chi connectivity index (χ0v) is 26.8. The smallest absolute Gasteiger partial charge is 0.252 e. The number of para-hydroxylation sites is 1. The van der Waals surface area contributed by atoms with Crippen LogP contribution in [0.15, 0.2) is 102 Å². The number of nitrogens with one attached hydrogen (secondary N) is 3. The number of amides is 1. The van der Waals surface area contributed by atoms with Crippen molar-refractivity contribution in [1.82, 2.24) is 20.6 Å². The normalized spacial score (nSPS) is 11.0. The van der Waals surface area contributed by atoms with Gasteiger partial charge in [0.2, 0.25) is 0 Å². The van der Waals surface area contributed by atoms with E-state index >= 15 is 0 Å². The van der Waals surface area contributed by atoms with Crippen LogP contribution < -0.4 is 16.4 Å². The molecule has 0 aliphatic heterocycles. The van der Waals surface area contributed by atoms with Gasteiger partial charge in [-0.15, -0.1) is 0 Å². The summed E-state index contributed by atoms with van der Waals surface area (Å²) in [7, 11) is 0. The topological polar surface area (TPSA) is 95.8 Å². The van der Waals surface area contributed by atoms with E-state index in [1.807, 2.05) is 91.1 Å². The van der Waals surface area contributed by atoms with Crippen LogP contribution in [0.5, 0.6) is 0 Å². The standard InChI is InChI=1S/C37H31BrClN5O/c38-28-12-15-34-31(19-28)33(23-42-34)35-20-32(37(45)43-22-26-8-6-25(21-40)7-9-26)30-5-1-3-27(36(30)44-35)4-2-17-41-18-16-24-10-13-29(39)14-11-24/h1,3,5-15,19-20,23,41-42H,16-18,21-22,40H2,(H,43,45). The van der Waals surface area contributed by atoms with Crippen LogP contribution in [-0.2, 0) is 19.5 Å². The highest BCUT2D eigenvalue weighted by Gasteiger charge is 2.17. The Labute approximate surface area is 275 Å². The Hall–Kier alpha value is -4.45. The number of carbonyl (C=O) groups is 1. The number of aromatic nitrogens is 2. The molecule has 0 bridgehead atoms. The molecule has 6 nitrogen and oxygen atoms in total. The molecule has 1 amide bonds. The average molecular weight is 677 g/mol. The van der Waals surface area contributed by atoms with E-state index in [1.165, 1.54) is 5.56 Å². The predicted molar refractivity (Wildman–Crippen MR) is 187 cm³/mol. The van der Waals surface area contributed by atoms with Gasteiger partial charge < -0.3 is 21.4 Å². The van der Waals surface area contributed by atoms with Gasteiger partial charge in [-0.3, -0.25) is 4.79 Å². The largest absolute Gasteiger partial charge is 0.360 e. The van der Waals surface area contributed by atoms with Crippen LogP contribution in [0.2, 0.25) is 5.02 Å². The highest BCUT2D eigenvalue weighted by Crippen LogP contribution is 2.33. The third-order valence-corrected chi connectivity index (χ3v) is 8.40. The highest BCUT2D eigenvalue weighted by molar-refractivity contribution is 9.10. The number of rotatable bonds is 9. The van der Waals surface area contributed by atoms with Crippen molar-refractivity contribution < 1.29 is 4.79 Å². The maximum atomic E-state index is 13.7. The van der Waals surface area contributed by atoms with E-state index < -0.39 is 0 Å². The zero-order chi connectivity index (χ0) is 31.2. The zero-order valence-electron chi connectivity index (χ0n) is 24.5. The lowest BCUT2D eigenvalue weighted by Crippen LogP contribution is -2.23. The molecule has 0 saturated carbocycles. The van der Waals surface area contributed by atoms with Crippen molar-refractivity contribution in [3.8, 4) is 23.1 Å². The van der Waals surface area contributed by atoms with Gasteiger partial charge in [-0.25, -0.2) is 4.98 Å². The number of fused-ring (bicyclic) bond motifs is 2. The Kier molecular flexibility index (Phi) is 9.58. The number of hydrogen-bond acceptors (Lipinski definition) is 4. The summed E-state index contributed by atoms with van der Waals surface area (Å²) >= 11 is 9.59. The second kappa shape index (κ2) is 14.1. The number of nitrogens with zero attached hydrogens (tertiary/aromatic N) is 1. The molecule has 6 aromatic rings. The van der Waals surface area contributed by atoms with Crippen molar-refractivity contribution in [3.63, 3.8) is 0 Å². The first kappa shape index (κ1) is 30.6. The molecule has 5 N–H and O–H groups in total. The quantitative estimate of drug-likeness (QED) is 0.0950. The summed E-state index contributed by atoms with van der Waals surface area (Å²) in [5, 5.41) is 8.98. The van der Waals surface area contributed by atoms with Gasteiger partial charge in [0.25, 0.3) is 5.91 Å². The number of nitrogens with two attached hydrogens (primary N) is 1. The summed E-state index contributed by atoms with van der Waals surface area (Å²) in [6.07, 6.45) is 2.82. The number of carbonyl (C=O) groups excluding carboxylic acids is 1. The Morgan fingerprint density at radius 1 is 0.933 bits per heavy atom. The van der Waals surface area contributed by atoms with Crippen LogP contribution in [-0.4, -0.2) is 29.0 Å². The van der Waals surface area contributed by atoms with E-state index in [0.717, 1.165) is 61.0 Å². The molecule has 0 unspecified atom stereocenters. The van der Waals surface area contributed by atoms with Crippen molar-refractivity contribution >= 4 is 55.2 Å². The predicted octanol–water partition coefficient (Wildman–Crippen LogP) is 7.37. The molecule has 0 spiro atoms. The van der Waals surface area contributed by atoms with E-state index in [0.29, 0.717) is 36.4 Å². The summed E-state index contributed by atoms with van der Waals surface area (Å²) in [6.45, 7) is 2.19. The van der Waals surface area contributed by atoms with E-state index in [-0.39, 0.29) is 5.91 Å². The average Bonchev–Trinajstić information content (AvgIpc) is 3.49. The Morgan fingerprint density at radius 3 is 2.51 bits per heavy atom. The molecule has 4 aromatic carbocycles. The maximum Gasteiger partial charge on any atom is 0.252 e. The fourth-order valence-corrected chi connectivity index (χ4v) is 5.71. The summed E-state index contributed by atoms with van der Waals surface area (Å²) in [4.78, 5) is 22.2. The Bertz CT molecular complexity index is 2040. The monoisotopic (exact) mass is 675 g/mol. The van der Waals surface area contributed by atoms with Crippen molar-refractivity contribution in [1.29, 1.82) is 0 Å². The van der Waals surface area contributed by atoms with E-state index in [4.69, 9.17) is 22.3 Å². The molecular weight excluding hydrogens is 646 g/mol. The summed E-state index contributed by atoms with van der Waals surface area (Å²) in [5.41, 5.74) is 13.6. The minimum Gasteiger partial charge on any atom is -0.360 e. The maximum absolute atomic E-state index is 13.7. The summed E-state index contributed by atoms with van der Waals surface area (Å²) < 4.78 is 0.963. The molecule has 0 aliphatic rings. The minimum absolute atomic E-state index is 0.179. The molecule has 0 saturated heterocycles. The van der Waals surface area contributed by atoms with Gasteiger partial charge >= 0.3 is 0 Å². The molecule has 0 radical (unpaired) electrons. The van der Waals surface area contributed by atoms with Crippen LogP contribution in [0.3, 0.4) is 0 Å². The van der Waals surface area contributed by atoms with Crippen LogP contribution in [0.1, 0.15) is 32.6 Å². The van der Waals surface area contributed by atoms with Gasteiger partial charge in [0.1, 0.15) is 0 Å². The first-order valence-electron chi connectivity index (χ1n) is 14.7. The first-order valence-corrected chi connectivity index (χ1v) is 15.9. The molecule has 8 heteroatoms. The third kappa shape index (κ3) is 7.28. The molecule has 0 atom stereocenters. The number of pyridine rings is 1. The Morgan fingerprint density at radius 2 is 1.71 bits per heavy atom. The third-order valence-electron chi connectivity index (χ3n) is 7.66. The lowest BCUT2D eigenvalue weighted by molar-refractivity contribution is 0.0952. The molecule has 0 aliphatic carbocycles. The van der Waals surface area contributed by atoms with Gasteiger partial charge in [-0.2, -0.15) is 0 Å². The van der Waals surface area contributed by atoms with E-state index in [9.17, 15) is 4.79 Å². The fraction of sp³-hybridized carbons (Fsp3) is 0.135. The molecular formula is C37H31BrClN5O. The minimum atomic E-state index is -0.179. The molecule has 2 aromatic heterocycles. The number of benzene rings is 4. The second-order valence-corrected chi connectivity index (χ2v) is 12.1. The van der Waals surface area contributed by atoms with Crippen molar-refractivity contribution in [2.24, 2.45) is 5.73 Å². The van der Waals surface area contributed by atoms with Crippen LogP contribution >= 0.6 is 27.5 Å². The van der Waals surface area contributed by atoms with E-state index in [2.05, 4.69) is 49.5 Å². The van der Waals surface area contributed by atoms with Gasteiger partial charge in [-0.1, -0.05) is 87.9 Å². The SMILES string of the molecule is NCc1ccc(CNC(=O)c2cc(-c3c[nH]c4ccc(Br)cc34)nc3c(C#CCNCCc4ccc(Cl)cc4)cccc23)cc1. The molecule has 0 fully saturated rings. The van der Waals surface area contributed by atoms with Crippen LogP contribution in [0, 0.1) is 11.8 Å². The fourth-order valence-electron chi connectivity index (χ4n) is 5.22.